The molecule has 0 aromatic heterocycles. The molecule has 2 N–H and O–H groups in total. The van der Waals surface area contributed by atoms with Crippen molar-refractivity contribution in [1.82, 2.24) is 0 Å². The summed E-state index contributed by atoms with van der Waals surface area (Å²) in [6.07, 6.45) is 18.0. The van der Waals surface area contributed by atoms with Gasteiger partial charge in [-0.05, 0) is 12.8 Å². The Labute approximate surface area is 122 Å². The minimum absolute atomic E-state index is 0. The van der Waals surface area contributed by atoms with Gasteiger partial charge in [0.05, 0.1) is 0 Å². The van der Waals surface area contributed by atoms with Crippen molar-refractivity contribution in [1.29, 1.82) is 0 Å². The van der Waals surface area contributed by atoms with Gasteiger partial charge in [0, 0.05) is 6.04 Å². The molecule has 0 radical (unpaired) electrons. The number of nitrogens with two attached hydrogens (primary N) is 1. The molecular formula is C16H36ClN. The van der Waals surface area contributed by atoms with E-state index < -0.39 is 0 Å². The van der Waals surface area contributed by atoms with Gasteiger partial charge in [-0.2, -0.15) is 0 Å². The van der Waals surface area contributed by atoms with E-state index in [4.69, 9.17) is 5.73 Å². The average Bonchev–Trinajstić information content (AvgIpc) is 2.35. The third-order valence-electron chi connectivity index (χ3n) is 3.70. The van der Waals surface area contributed by atoms with E-state index >= 15 is 0 Å². The van der Waals surface area contributed by atoms with Crippen LogP contribution in [0.5, 0.6) is 0 Å². The first-order valence-electron chi connectivity index (χ1n) is 8.06. The zero-order valence-electron chi connectivity index (χ0n) is 12.8. The van der Waals surface area contributed by atoms with Crippen LogP contribution in [0, 0.1) is 0 Å². The first-order chi connectivity index (χ1) is 8.31. The first kappa shape index (κ1) is 20.6. The summed E-state index contributed by atoms with van der Waals surface area (Å²) in [5.74, 6) is 0. The molecule has 0 aliphatic heterocycles. The van der Waals surface area contributed by atoms with Crippen molar-refractivity contribution in [3.63, 3.8) is 0 Å². The van der Waals surface area contributed by atoms with Gasteiger partial charge in [-0.3, -0.25) is 0 Å². The maximum Gasteiger partial charge on any atom is 0.00362 e. The Bertz CT molecular complexity index is 139. The van der Waals surface area contributed by atoms with Gasteiger partial charge in [0.1, 0.15) is 0 Å². The van der Waals surface area contributed by atoms with Crippen LogP contribution in [0.2, 0.25) is 0 Å². The summed E-state index contributed by atoms with van der Waals surface area (Å²) in [4.78, 5) is 0. The standard InChI is InChI=1S/C16H35N.ClH/c1-3-5-6-7-8-9-10-11-12-13-14-15-16(17)4-2;/h16H,3-15,17H2,1-2H3;1H. The molecule has 1 unspecified atom stereocenters. The van der Waals surface area contributed by atoms with Crippen molar-refractivity contribution in [2.24, 2.45) is 5.73 Å². The summed E-state index contributed by atoms with van der Waals surface area (Å²) in [5, 5.41) is 0. The van der Waals surface area contributed by atoms with Crippen LogP contribution in [0.25, 0.3) is 0 Å². The van der Waals surface area contributed by atoms with E-state index in [-0.39, 0.29) is 12.4 Å². The van der Waals surface area contributed by atoms with Gasteiger partial charge in [-0.15, -0.1) is 12.4 Å². The smallest absolute Gasteiger partial charge is 0.00362 e. The van der Waals surface area contributed by atoms with Crippen molar-refractivity contribution in [2.75, 3.05) is 0 Å². The van der Waals surface area contributed by atoms with E-state index in [1.54, 1.807) is 0 Å². The molecule has 0 fully saturated rings. The van der Waals surface area contributed by atoms with E-state index in [2.05, 4.69) is 13.8 Å². The van der Waals surface area contributed by atoms with Crippen LogP contribution in [-0.4, -0.2) is 6.04 Å². The normalized spacial score (nSPS) is 12.2. The highest BCUT2D eigenvalue weighted by Gasteiger charge is 1.98. The van der Waals surface area contributed by atoms with Crippen molar-refractivity contribution in [3.05, 3.63) is 0 Å². The third-order valence-corrected chi connectivity index (χ3v) is 3.70. The molecule has 0 bridgehead atoms. The molecule has 1 atom stereocenters. The first-order valence-corrected chi connectivity index (χ1v) is 8.06. The minimum atomic E-state index is 0. The lowest BCUT2D eigenvalue weighted by atomic mass is 10.0. The van der Waals surface area contributed by atoms with Gasteiger partial charge >= 0.3 is 0 Å². The molecule has 0 aliphatic rings. The highest BCUT2D eigenvalue weighted by atomic mass is 35.5. The van der Waals surface area contributed by atoms with Crippen molar-refractivity contribution < 1.29 is 0 Å². The summed E-state index contributed by atoms with van der Waals surface area (Å²) in [6.45, 7) is 4.47. The van der Waals surface area contributed by atoms with Gasteiger partial charge in [0.15, 0.2) is 0 Å². The lowest BCUT2D eigenvalue weighted by Crippen LogP contribution is -2.17. The Morgan fingerprint density at radius 3 is 1.44 bits per heavy atom. The van der Waals surface area contributed by atoms with E-state index in [1.807, 2.05) is 0 Å². The summed E-state index contributed by atoms with van der Waals surface area (Å²) in [6, 6.07) is 0.452. The molecule has 0 aliphatic carbocycles. The summed E-state index contributed by atoms with van der Waals surface area (Å²) in [5.41, 5.74) is 5.89. The Hall–Kier alpha value is 0.250. The fourth-order valence-corrected chi connectivity index (χ4v) is 2.27. The van der Waals surface area contributed by atoms with E-state index in [9.17, 15) is 0 Å². The largest absolute Gasteiger partial charge is 0.328 e. The fourth-order valence-electron chi connectivity index (χ4n) is 2.27. The molecule has 0 spiro atoms. The van der Waals surface area contributed by atoms with Gasteiger partial charge < -0.3 is 5.73 Å². The molecule has 112 valence electrons. The van der Waals surface area contributed by atoms with E-state index in [0.29, 0.717) is 6.04 Å². The topological polar surface area (TPSA) is 26.0 Å². The molecule has 0 amide bonds. The second-order valence-electron chi connectivity index (χ2n) is 5.49. The third kappa shape index (κ3) is 16.2. The number of rotatable bonds is 13. The monoisotopic (exact) mass is 277 g/mol. The van der Waals surface area contributed by atoms with Gasteiger partial charge in [-0.25, -0.2) is 0 Å². The lowest BCUT2D eigenvalue weighted by molar-refractivity contribution is 0.514. The molecule has 0 rings (SSSR count). The molecule has 0 aromatic rings. The van der Waals surface area contributed by atoms with Crippen LogP contribution in [-0.2, 0) is 0 Å². The lowest BCUT2D eigenvalue weighted by Gasteiger charge is -2.07. The maximum absolute atomic E-state index is 5.89. The zero-order valence-corrected chi connectivity index (χ0v) is 13.6. The summed E-state index contributed by atoms with van der Waals surface area (Å²) >= 11 is 0. The fraction of sp³-hybridized carbons (Fsp3) is 1.00. The van der Waals surface area contributed by atoms with E-state index in [1.165, 1.54) is 77.0 Å². The van der Waals surface area contributed by atoms with Crippen molar-refractivity contribution in [3.8, 4) is 0 Å². The summed E-state index contributed by atoms with van der Waals surface area (Å²) in [7, 11) is 0. The van der Waals surface area contributed by atoms with Crippen LogP contribution < -0.4 is 5.73 Å². The molecule has 0 heterocycles. The SMILES string of the molecule is CCCCCCCCCCCCCC(N)CC.Cl. The van der Waals surface area contributed by atoms with Crippen LogP contribution in [0.15, 0.2) is 0 Å². The molecule has 18 heavy (non-hydrogen) atoms. The second-order valence-corrected chi connectivity index (χ2v) is 5.49. The van der Waals surface area contributed by atoms with Gasteiger partial charge in [-0.1, -0.05) is 84.5 Å². The zero-order chi connectivity index (χ0) is 12.8. The molecular weight excluding hydrogens is 242 g/mol. The number of hydrogen-bond acceptors (Lipinski definition) is 1. The molecule has 0 saturated carbocycles. The van der Waals surface area contributed by atoms with Crippen molar-refractivity contribution in [2.45, 2.75) is 103 Å². The van der Waals surface area contributed by atoms with Crippen molar-refractivity contribution >= 4 is 12.4 Å². The second kappa shape index (κ2) is 17.2. The number of halogens is 1. The van der Waals surface area contributed by atoms with Gasteiger partial charge in [0.2, 0.25) is 0 Å². The van der Waals surface area contributed by atoms with Crippen LogP contribution >= 0.6 is 12.4 Å². The van der Waals surface area contributed by atoms with Crippen LogP contribution in [0.3, 0.4) is 0 Å². The Balaban J connectivity index is 0. The highest BCUT2D eigenvalue weighted by Crippen LogP contribution is 2.12. The Morgan fingerprint density at radius 1 is 0.667 bits per heavy atom. The average molecular weight is 278 g/mol. The maximum atomic E-state index is 5.89. The molecule has 0 aromatic carbocycles. The van der Waals surface area contributed by atoms with Gasteiger partial charge in [0.25, 0.3) is 0 Å². The molecule has 1 nitrogen and oxygen atoms in total. The predicted octanol–water partition coefficient (Wildman–Crippen LogP) is 5.85. The number of unbranched alkanes of at least 4 members (excludes halogenated alkanes) is 10. The highest BCUT2D eigenvalue weighted by molar-refractivity contribution is 5.85. The summed E-state index contributed by atoms with van der Waals surface area (Å²) < 4.78 is 0. The predicted molar refractivity (Wildman–Crippen MR) is 86.6 cm³/mol. The molecule has 0 saturated heterocycles. The Kier molecular flexibility index (Phi) is 19.7. The van der Waals surface area contributed by atoms with E-state index in [0.717, 1.165) is 6.42 Å². The quantitative estimate of drug-likeness (QED) is 0.420. The number of hydrogen-bond donors (Lipinski definition) is 1. The molecule has 2 heteroatoms. The van der Waals surface area contributed by atoms with Crippen LogP contribution in [0.1, 0.15) is 97.3 Å². The minimum Gasteiger partial charge on any atom is -0.328 e. The van der Waals surface area contributed by atoms with Crippen LogP contribution in [0.4, 0.5) is 0 Å². The Morgan fingerprint density at radius 2 is 1.06 bits per heavy atom.